The summed E-state index contributed by atoms with van der Waals surface area (Å²) in [6.07, 6.45) is 9.13. The van der Waals surface area contributed by atoms with Crippen LogP contribution in [0.2, 0.25) is 0 Å². The van der Waals surface area contributed by atoms with E-state index < -0.39 is 0 Å². The van der Waals surface area contributed by atoms with E-state index in [4.69, 9.17) is 5.73 Å². The minimum Gasteiger partial charge on any atom is -0.357 e. The predicted octanol–water partition coefficient (Wildman–Crippen LogP) is 3.05. The topological polar surface area (TPSA) is 71.2 Å². The first kappa shape index (κ1) is 23.0. The molecule has 0 saturated carbocycles. The lowest BCUT2D eigenvalue weighted by Gasteiger charge is -2.17. The molecule has 1 aliphatic heterocycles. The van der Waals surface area contributed by atoms with Gasteiger partial charge in [0.1, 0.15) is 5.82 Å². The third-order valence-electron chi connectivity index (χ3n) is 4.09. The summed E-state index contributed by atoms with van der Waals surface area (Å²) >= 11 is 0. The summed E-state index contributed by atoms with van der Waals surface area (Å²) in [7, 11) is 0. The van der Waals surface area contributed by atoms with E-state index in [0.717, 1.165) is 56.7 Å². The Bertz CT molecular complexity index is 468. The molecule has 1 fully saturated rings. The molecule has 138 valence electrons. The second-order valence-corrected chi connectivity index (χ2v) is 5.95. The number of pyridine rings is 1. The molecule has 1 aromatic heterocycles. The van der Waals surface area contributed by atoms with Crippen LogP contribution in [-0.4, -0.2) is 30.5 Å². The first-order valence-corrected chi connectivity index (χ1v) is 8.46. The van der Waals surface area contributed by atoms with Crippen molar-refractivity contribution in [3.8, 4) is 0 Å². The van der Waals surface area contributed by atoms with Crippen molar-refractivity contribution in [1.82, 2.24) is 10.3 Å². The van der Waals surface area contributed by atoms with Crippen LogP contribution in [0.5, 0.6) is 0 Å². The molecular formula is C17H30Cl2N4O. The van der Waals surface area contributed by atoms with Gasteiger partial charge in [-0.15, -0.1) is 24.8 Å². The van der Waals surface area contributed by atoms with Gasteiger partial charge in [-0.2, -0.15) is 0 Å². The second-order valence-electron chi connectivity index (χ2n) is 5.95. The molecule has 2 heterocycles. The zero-order valence-corrected chi connectivity index (χ0v) is 15.8. The summed E-state index contributed by atoms with van der Waals surface area (Å²) in [5.74, 6) is 1.17. The molecule has 1 saturated heterocycles. The third-order valence-corrected chi connectivity index (χ3v) is 4.09. The van der Waals surface area contributed by atoms with Crippen molar-refractivity contribution in [2.45, 2.75) is 51.5 Å². The molecule has 0 aromatic carbocycles. The van der Waals surface area contributed by atoms with Crippen LogP contribution in [0.1, 0.15) is 50.5 Å². The summed E-state index contributed by atoms with van der Waals surface area (Å²) in [6.45, 7) is 3.51. The lowest BCUT2D eigenvalue weighted by molar-refractivity contribution is -0.121. The fraction of sp³-hybridized carbons (Fsp3) is 0.647. The number of halogens is 2. The Labute approximate surface area is 157 Å². The van der Waals surface area contributed by atoms with Gasteiger partial charge in [-0.05, 0) is 49.9 Å². The van der Waals surface area contributed by atoms with Gasteiger partial charge in [0.15, 0.2) is 0 Å². The van der Waals surface area contributed by atoms with Gasteiger partial charge >= 0.3 is 0 Å². The van der Waals surface area contributed by atoms with E-state index in [2.05, 4.69) is 21.3 Å². The van der Waals surface area contributed by atoms with Gasteiger partial charge < -0.3 is 16.0 Å². The molecule has 7 heteroatoms. The molecule has 1 aromatic rings. The van der Waals surface area contributed by atoms with Crippen LogP contribution >= 0.6 is 24.8 Å². The van der Waals surface area contributed by atoms with Crippen LogP contribution in [0, 0.1) is 0 Å². The van der Waals surface area contributed by atoms with Crippen LogP contribution < -0.4 is 16.0 Å². The highest BCUT2D eigenvalue weighted by molar-refractivity contribution is 5.85. The Kier molecular flexibility index (Phi) is 12.7. The van der Waals surface area contributed by atoms with Crippen LogP contribution in [0.25, 0.3) is 0 Å². The van der Waals surface area contributed by atoms with Crippen molar-refractivity contribution in [1.29, 1.82) is 0 Å². The minimum absolute atomic E-state index is 0. The first-order valence-electron chi connectivity index (χ1n) is 8.46. The monoisotopic (exact) mass is 376 g/mol. The van der Waals surface area contributed by atoms with Gasteiger partial charge in [0, 0.05) is 32.3 Å². The maximum absolute atomic E-state index is 11.8. The van der Waals surface area contributed by atoms with E-state index in [1.165, 1.54) is 12.8 Å². The minimum atomic E-state index is 0. The van der Waals surface area contributed by atoms with E-state index in [0.29, 0.717) is 13.0 Å². The lowest BCUT2D eigenvalue weighted by atomic mass is 10.1. The molecule has 0 atom stereocenters. The molecular weight excluding hydrogens is 347 g/mol. The van der Waals surface area contributed by atoms with Crippen LogP contribution in [-0.2, 0) is 11.3 Å². The zero-order chi connectivity index (χ0) is 15.6. The third kappa shape index (κ3) is 8.18. The first-order chi connectivity index (χ1) is 10.8. The molecule has 0 unspecified atom stereocenters. The molecule has 1 aliphatic rings. The number of hydrogen-bond acceptors (Lipinski definition) is 4. The molecule has 0 aliphatic carbocycles. The van der Waals surface area contributed by atoms with Crippen molar-refractivity contribution < 1.29 is 4.79 Å². The predicted molar refractivity (Wildman–Crippen MR) is 104 cm³/mol. The van der Waals surface area contributed by atoms with Crippen LogP contribution in [0.4, 0.5) is 5.82 Å². The molecule has 1 amide bonds. The largest absolute Gasteiger partial charge is 0.357 e. The number of amides is 1. The number of anilines is 1. The summed E-state index contributed by atoms with van der Waals surface area (Å²) in [5.41, 5.74) is 6.57. The van der Waals surface area contributed by atoms with Gasteiger partial charge in [-0.25, -0.2) is 4.98 Å². The summed E-state index contributed by atoms with van der Waals surface area (Å²) in [6, 6.07) is 4.06. The Hall–Kier alpha value is -1.04. The smallest absolute Gasteiger partial charge is 0.220 e. The van der Waals surface area contributed by atoms with Gasteiger partial charge in [-0.3, -0.25) is 4.79 Å². The fourth-order valence-electron chi connectivity index (χ4n) is 2.76. The fourth-order valence-corrected chi connectivity index (χ4v) is 2.76. The number of rotatable bonds is 9. The highest BCUT2D eigenvalue weighted by atomic mass is 35.5. The number of nitrogens with zero attached hydrogens (tertiary/aromatic N) is 2. The van der Waals surface area contributed by atoms with Gasteiger partial charge in [0.2, 0.25) is 5.91 Å². The standard InChI is InChI=1S/C17H28N4O.2ClH/c18-9-4-2-1-3-7-17(22)20-14-15-8-10-19-16(13-15)21-11-5-6-12-21;;/h8,10,13H,1-7,9,11-12,14,18H2,(H,20,22);2*1H. The van der Waals surface area contributed by atoms with Crippen molar-refractivity contribution in [3.05, 3.63) is 23.9 Å². The normalized spacial score (nSPS) is 13.1. The summed E-state index contributed by atoms with van der Waals surface area (Å²) in [4.78, 5) is 18.6. The molecule has 2 rings (SSSR count). The number of carbonyl (C=O) groups excluding carboxylic acids is 1. The van der Waals surface area contributed by atoms with Crippen molar-refractivity contribution in [2.75, 3.05) is 24.5 Å². The Morgan fingerprint density at radius 2 is 1.88 bits per heavy atom. The molecule has 5 nitrogen and oxygen atoms in total. The van der Waals surface area contributed by atoms with Crippen molar-refractivity contribution in [3.63, 3.8) is 0 Å². The zero-order valence-electron chi connectivity index (χ0n) is 14.2. The summed E-state index contributed by atoms with van der Waals surface area (Å²) < 4.78 is 0. The molecule has 3 N–H and O–H groups in total. The SMILES string of the molecule is Cl.Cl.NCCCCCCC(=O)NCc1ccnc(N2CCCC2)c1. The van der Waals surface area contributed by atoms with Crippen molar-refractivity contribution >= 4 is 36.5 Å². The maximum atomic E-state index is 11.8. The van der Waals surface area contributed by atoms with E-state index >= 15 is 0 Å². The lowest BCUT2D eigenvalue weighted by Crippen LogP contribution is -2.23. The average molecular weight is 377 g/mol. The Morgan fingerprint density at radius 1 is 1.17 bits per heavy atom. The average Bonchev–Trinajstić information content (AvgIpc) is 3.07. The van der Waals surface area contributed by atoms with Gasteiger partial charge in [-0.1, -0.05) is 12.8 Å². The Balaban J connectivity index is 0.00000264. The number of hydrogen-bond donors (Lipinski definition) is 2. The highest BCUT2D eigenvalue weighted by Gasteiger charge is 2.13. The molecule has 24 heavy (non-hydrogen) atoms. The van der Waals surface area contributed by atoms with Crippen LogP contribution in [0.15, 0.2) is 18.3 Å². The van der Waals surface area contributed by atoms with Gasteiger partial charge in [0.25, 0.3) is 0 Å². The van der Waals surface area contributed by atoms with Crippen molar-refractivity contribution in [2.24, 2.45) is 5.73 Å². The number of aromatic nitrogens is 1. The Morgan fingerprint density at radius 3 is 2.58 bits per heavy atom. The second kappa shape index (κ2) is 13.3. The summed E-state index contributed by atoms with van der Waals surface area (Å²) in [5, 5.41) is 3.00. The number of nitrogens with two attached hydrogens (primary N) is 1. The molecule has 0 bridgehead atoms. The maximum Gasteiger partial charge on any atom is 0.220 e. The highest BCUT2D eigenvalue weighted by Crippen LogP contribution is 2.18. The van der Waals surface area contributed by atoms with Crippen LogP contribution in [0.3, 0.4) is 0 Å². The van der Waals surface area contributed by atoms with E-state index in [1.54, 1.807) is 0 Å². The molecule has 0 radical (unpaired) electrons. The molecule has 0 spiro atoms. The van der Waals surface area contributed by atoms with E-state index in [1.807, 2.05) is 12.3 Å². The van der Waals surface area contributed by atoms with Gasteiger partial charge in [0.05, 0.1) is 0 Å². The number of nitrogens with one attached hydrogen (secondary N) is 1. The quantitative estimate of drug-likeness (QED) is 0.649. The van der Waals surface area contributed by atoms with E-state index in [9.17, 15) is 4.79 Å². The van der Waals surface area contributed by atoms with E-state index in [-0.39, 0.29) is 30.7 Å². The number of carbonyl (C=O) groups is 1. The number of unbranched alkanes of at least 4 members (excludes halogenated alkanes) is 3.